The summed E-state index contributed by atoms with van der Waals surface area (Å²) in [5.74, 6) is 1.75. The summed E-state index contributed by atoms with van der Waals surface area (Å²) in [6, 6.07) is 22.1. The second-order valence-electron chi connectivity index (χ2n) is 7.07. The van der Waals surface area contributed by atoms with Crippen LogP contribution in [0, 0.1) is 13.8 Å². The molecule has 1 N–H and O–H groups in total. The number of oxazole rings is 1. The van der Waals surface area contributed by atoms with Crippen LogP contribution in [0.5, 0.6) is 5.75 Å². The average molecular weight is 433 g/mol. The van der Waals surface area contributed by atoms with Gasteiger partial charge >= 0.3 is 0 Å². The van der Waals surface area contributed by atoms with Gasteiger partial charge in [0.15, 0.2) is 0 Å². The third-order valence-electron chi connectivity index (χ3n) is 4.92. The van der Waals surface area contributed by atoms with Gasteiger partial charge in [-0.2, -0.15) is 0 Å². The molecule has 0 aliphatic carbocycles. The lowest BCUT2D eigenvalue weighted by Gasteiger charge is -2.09. The standard InChI is InChI=1S/C25H21ClN2O3/c1-16-21(26)9-6-10-22(16)27-24(29)18-11-13-19(14-12-18)25-28-23(17(2)31-25)15-30-20-7-4-3-5-8-20/h3-14H,15H2,1-2H3,(H,27,29). The molecule has 0 unspecified atom stereocenters. The van der Waals surface area contributed by atoms with Crippen LogP contribution < -0.4 is 10.1 Å². The highest BCUT2D eigenvalue weighted by molar-refractivity contribution is 6.31. The third kappa shape index (κ3) is 4.78. The number of aromatic nitrogens is 1. The van der Waals surface area contributed by atoms with E-state index >= 15 is 0 Å². The van der Waals surface area contributed by atoms with Gasteiger partial charge in [0.05, 0.1) is 0 Å². The van der Waals surface area contributed by atoms with Crippen LogP contribution in [0.2, 0.25) is 5.02 Å². The molecule has 0 fully saturated rings. The topological polar surface area (TPSA) is 64.4 Å². The predicted molar refractivity (Wildman–Crippen MR) is 122 cm³/mol. The number of halogens is 1. The maximum absolute atomic E-state index is 12.6. The summed E-state index contributed by atoms with van der Waals surface area (Å²) in [4.78, 5) is 17.1. The third-order valence-corrected chi connectivity index (χ3v) is 5.33. The molecule has 0 aliphatic heterocycles. The largest absolute Gasteiger partial charge is 0.487 e. The van der Waals surface area contributed by atoms with Gasteiger partial charge < -0.3 is 14.5 Å². The van der Waals surface area contributed by atoms with Gasteiger partial charge in [-0.3, -0.25) is 4.79 Å². The lowest BCUT2D eigenvalue weighted by atomic mass is 10.1. The number of carbonyl (C=O) groups excluding carboxylic acids is 1. The van der Waals surface area contributed by atoms with Crippen molar-refractivity contribution in [1.82, 2.24) is 4.98 Å². The van der Waals surface area contributed by atoms with Gasteiger partial charge in [0, 0.05) is 21.8 Å². The Balaban J connectivity index is 1.45. The number of benzene rings is 3. The Morgan fingerprint density at radius 2 is 1.74 bits per heavy atom. The molecule has 6 heteroatoms. The fraction of sp³-hybridized carbons (Fsp3) is 0.120. The molecule has 1 amide bonds. The van der Waals surface area contributed by atoms with Gasteiger partial charge in [0.1, 0.15) is 23.8 Å². The summed E-state index contributed by atoms with van der Waals surface area (Å²) in [7, 11) is 0. The number of nitrogens with zero attached hydrogens (tertiary/aromatic N) is 1. The van der Waals surface area contributed by atoms with Crippen molar-refractivity contribution in [2.75, 3.05) is 5.32 Å². The van der Waals surface area contributed by atoms with Crippen molar-refractivity contribution in [1.29, 1.82) is 0 Å². The van der Waals surface area contributed by atoms with Crippen LogP contribution in [0.1, 0.15) is 27.4 Å². The molecule has 4 rings (SSSR count). The van der Waals surface area contributed by atoms with Crippen molar-refractivity contribution >= 4 is 23.2 Å². The lowest BCUT2D eigenvalue weighted by Crippen LogP contribution is -2.12. The van der Waals surface area contributed by atoms with E-state index in [-0.39, 0.29) is 5.91 Å². The molecule has 1 heterocycles. The molecule has 0 saturated heterocycles. The Bertz CT molecular complexity index is 1200. The van der Waals surface area contributed by atoms with Crippen molar-refractivity contribution in [3.63, 3.8) is 0 Å². The van der Waals surface area contributed by atoms with Crippen LogP contribution in [0.3, 0.4) is 0 Å². The van der Waals surface area contributed by atoms with E-state index in [4.69, 9.17) is 20.8 Å². The SMILES string of the molecule is Cc1oc(-c2ccc(C(=O)Nc3cccc(Cl)c3C)cc2)nc1COc1ccccc1. The Kier molecular flexibility index (Phi) is 6.05. The molecule has 5 nitrogen and oxygen atoms in total. The van der Waals surface area contributed by atoms with Gasteiger partial charge in [0.2, 0.25) is 5.89 Å². The summed E-state index contributed by atoms with van der Waals surface area (Å²) in [6.07, 6.45) is 0. The zero-order chi connectivity index (χ0) is 21.8. The molecule has 0 saturated carbocycles. The van der Waals surface area contributed by atoms with Gasteiger partial charge in [-0.25, -0.2) is 4.98 Å². The molecular weight excluding hydrogens is 412 g/mol. The normalized spacial score (nSPS) is 10.7. The Morgan fingerprint density at radius 3 is 2.48 bits per heavy atom. The first-order valence-corrected chi connectivity index (χ1v) is 10.2. The molecule has 0 bridgehead atoms. The number of rotatable bonds is 6. The average Bonchev–Trinajstić information content (AvgIpc) is 3.17. The summed E-state index contributed by atoms with van der Waals surface area (Å²) < 4.78 is 11.6. The second-order valence-corrected chi connectivity index (χ2v) is 7.47. The maximum Gasteiger partial charge on any atom is 0.255 e. The fourth-order valence-electron chi connectivity index (χ4n) is 3.06. The van der Waals surface area contributed by atoms with E-state index in [1.807, 2.05) is 62.4 Å². The number of ether oxygens (including phenoxy) is 1. The first-order chi connectivity index (χ1) is 15.0. The minimum Gasteiger partial charge on any atom is -0.487 e. The highest BCUT2D eigenvalue weighted by Crippen LogP contribution is 2.25. The molecule has 156 valence electrons. The molecule has 31 heavy (non-hydrogen) atoms. The van der Waals surface area contributed by atoms with Crippen LogP contribution in [0.15, 0.2) is 77.2 Å². The van der Waals surface area contributed by atoms with Gasteiger partial charge in [-0.05, 0) is 67.9 Å². The van der Waals surface area contributed by atoms with Crippen molar-refractivity contribution in [2.24, 2.45) is 0 Å². The van der Waals surface area contributed by atoms with Crippen molar-refractivity contribution in [2.45, 2.75) is 20.5 Å². The minimum atomic E-state index is -0.211. The van der Waals surface area contributed by atoms with E-state index in [0.29, 0.717) is 34.5 Å². The van der Waals surface area contributed by atoms with E-state index in [2.05, 4.69) is 10.3 Å². The first kappa shape index (κ1) is 20.7. The Morgan fingerprint density at radius 1 is 1.00 bits per heavy atom. The van der Waals surface area contributed by atoms with E-state index < -0.39 is 0 Å². The summed E-state index contributed by atoms with van der Waals surface area (Å²) >= 11 is 6.13. The van der Waals surface area contributed by atoms with Gasteiger partial charge in [-0.1, -0.05) is 35.9 Å². The second kappa shape index (κ2) is 9.06. The lowest BCUT2D eigenvalue weighted by molar-refractivity contribution is 0.102. The molecule has 0 radical (unpaired) electrons. The van der Waals surface area contributed by atoms with E-state index in [1.54, 1.807) is 24.3 Å². The molecule has 0 spiro atoms. The van der Waals surface area contributed by atoms with Crippen LogP contribution in [0.25, 0.3) is 11.5 Å². The summed E-state index contributed by atoms with van der Waals surface area (Å²) in [6.45, 7) is 4.04. The number of nitrogens with one attached hydrogen (secondary N) is 1. The number of amides is 1. The molecule has 1 aromatic heterocycles. The number of hydrogen-bond donors (Lipinski definition) is 1. The van der Waals surface area contributed by atoms with Crippen molar-refractivity contribution in [3.8, 4) is 17.2 Å². The van der Waals surface area contributed by atoms with Crippen LogP contribution in [-0.2, 0) is 6.61 Å². The monoisotopic (exact) mass is 432 g/mol. The summed E-state index contributed by atoms with van der Waals surface area (Å²) in [5.41, 5.74) is 3.56. The molecule has 0 atom stereocenters. The molecule has 4 aromatic rings. The number of aryl methyl sites for hydroxylation is 1. The minimum absolute atomic E-state index is 0.211. The Labute approximate surface area is 185 Å². The zero-order valence-electron chi connectivity index (χ0n) is 17.2. The van der Waals surface area contributed by atoms with Crippen molar-refractivity contribution < 1.29 is 13.9 Å². The quantitative estimate of drug-likeness (QED) is 0.380. The van der Waals surface area contributed by atoms with Gasteiger partial charge in [0.25, 0.3) is 5.91 Å². The van der Waals surface area contributed by atoms with Crippen LogP contribution in [-0.4, -0.2) is 10.9 Å². The number of hydrogen-bond acceptors (Lipinski definition) is 4. The number of para-hydroxylation sites is 1. The fourth-order valence-corrected chi connectivity index (χ4v) is 3.23. The van der Waals surface area contributed by atoms with E-state index in [0.717, 1.165) is 22.6 Å². The highest BCUT2D eigenvalue weighted by atomic mass is 35.5. The van der Waals surface area contributed by atoms with Crippen molar-refractivity contribution in [3.05, 3.63) is 100 Å². The number of anilines is 1. The smallest absolute Gasteiger partial charge is 0.255 e. The molecular formula is C25H21ClN2O3. The maximum atomic E-state index is 12.6. The number of carbonyl (C=O) groups is 1. The van der Waals surface area contributed by atoms with E-state index in [1.165, 1.54) is 0 Å². The van der Waals surface area contributed by atoms with Gasteiger partial charge in [-0.15, -0.1) is 0 Å². The zero-order valence-corrected chi connectivity index (χ0v) is 17.9. The van der Waals surface area contributed by atoms with Crippen LogP contribution in [0.4, 0.5) is 5.69 Å². The molecule has 3 aromatic carbocycles. The van der Waals surface area contributed by atoms with Crippen LogP contribution >= 0.6 is 11.6 Å². The summed E-state index contributed by atoms with van der Waals surface area (Å²) in [5, 5.41) is 3.50. The molecule has 0 aliphatic rings. The highest BCUT2D eigenvalue weighted by Gasteiger charge is 2.14. The predicted octanol–water partition coefficient (Wildman–Crippen LogP) is 6.44. The Hall–Kier alpha value is -3.57. The first-order valence-electron chi connectivity index (χ1n) is 9.82. The van der Waals surface area contributed by atoms with E-state index in [9.17, 15) is 4.79 Å².